The van der Waals surface area contributed by atoms with Gasteiger partial charge in [-0.05, 0) is 40.9 Å². The summed E-state index contributed by atoms with van der Waals surface area (Å²) in [4.78, 5) is 0. The molecule has 3 N–H and O–H groups in total. The van der Waals surface area contributed by atoms with Gasteiger partial charge >= 0.3 is 0 Å². The van der Waals surface area contributed by atoms with E-state index in [0.717, 1.165) is 4.47 Å². The van der Waals surface area contributed by atoms with Crippen molar-refractivity contribution in [2.24, 2.45) is 0 Å². The van der Waals surface area contributed by atoms with E-state index >= 15 is 0 Å². The zero-order chi connectivity index (χ0) is 11.4. The molecule has 1 atom stereocenters. The van der Waals surface area contributed by atoms with Crippen molar-refractivity contribution in [2.75, 3.05) is 6.61 Å². The Kier molecular flexibility index (Phi) is 5.05. The molecule has 0 amide bonds. The topological polar surface area (TPSA) is 60.7 Å². The van der Waals surface area contributed by atoms with Gasteiger partial charge in [0.2, 0.25) is 0 Å². The fourth-order valence-electron chi connectivity index (χ4n) is 1.28. The summed E-state index contributed by atoms with van der Waals surface area (Å²) in [6, 6.07) is 3.37. The highest BCUT2D eigenvalue weighted by Crippen LogP contribution is 2.36. The Morgan fingerprint density at radius 1 is 1.27 bits per heavy atom. The fraction of sp³-hybridized carbons (Fsp3) is 0.400. The molecule has 15 heavy (non-hydrogen) atoms. The van der Waals surface area contributed by atoms with Crippen molar-refractivity contribution in [3.8, 4) is 5.75 Å². The number of rotatable bonds is 4. The van der Waals surface area contributed by atoms with Crippen LogP contribution in [0.2, 0.25) is 0 Å². The third kappa shape index (κ3) is 3.45. The Labute approximate surface area is 105 Å². The van der Waals surface area contributed by atoms with Crippen LogP contribution >= 0.6 is 31.9 Å². The maximum Gasteiger partial charge on any atom is 0.135 e. The van der Waals surface area contributed by atoms with Crippen LogP contribution < -0.4 is 0 Å². The van der Waals surface area contributed by atoms with Crippen molar-refractivity contribution in [3.05, 3.63) is 26.6 Å². The van der Waals surface area contributed by atoms with Gasteiger partial charge in [0.05, 0.1) is 10.6 Å². The van der Waals surface area contributed by atoms with Gasteiger partial charge in [-0.15, -0.1) is 0 Å². The molecule has 1 aromatic carbocycles. The fourth-order valence-corrected chi connectivity index (χ4v) is 2.54. The Morgan fingerprint density at radius 3 is 2.53 bits per heavy atom. The number of hydrogen-bond donors (Lipinski definition) is 3. The number of hydrogen-bond acceptors (Lipinski definition) is 3. The van der Waals surface area contributed by atoms with Gasteiger partial charge in [-0.2, -0.15) is 0 Å². The largest absolute Gasteiger partial charge is 0.506 e. The standard InChI is InChI=1S/C10H12Br2O3/c11-6-4-7(9(14)2-1-3-13)10(15)8(12)5-6/h4-5,9,13-15H,1-3H2/t9-/m1/s1. The van der Waals surface area contributed by atoms with Crippen molar-refractivity contribution in [1.29, 1.82) is 0 Å². The molecule has 0 bridgehead atoms. The lowest BCUT2D eigenvalue weighted by molar-refractivity contribution is 0.148. The third-order valence-corrected chi connectivity index (χ3v) is 3.11. The van der Waals surface area contributed by atoms with Gasteiger partial charge < -0.3 is 15.3 Å². The van der Waals surface area contributed by atoms with Crippen LogP contribution in [0.15, 0.2) is 21.1 Å². The SMILES string of the molecule is OCCC[C@@H](O)c1cc(Br)cc(Br)c1O. The van der Waals surface area contributed by atoms with Gasteiger partial charge in [0.25, 0.3) is 0 Å². The minimum absolute atomic E-state index is 0.0347. The van der Waals surface area contributed by atoms with Crippen LogP contribution in [0, 0.1) is 0 Å². The molecule has 84 valence electrons. The van der Waals surface area contributed by atoms with Crippen LogP contribution in [0.25, 0.3) is 0 Å². The highest BCUT2D eigenvalue weighted by Gasteiger charge is 2.15. The van der Waals surface area contributed by atoms with Gasteiger partial charge in [-0.25, -0.2) is 0 Å². The minimum atomic E-state index is -0.758. The zero-order valence-electron chi connectivity index (χ0n) is 7.95. The molecule has 0 radical (unpaired) electrons. The van der Waals surface area contributed by atoms with Crippen molar-refractivity contribution >= 4 is 31.9 Å². The van der Waals surface area contributed by atoms with E-state index in [4.69, 9.17) is 5.11 Å². The van der Waals surface area contributed by atoms with Crippen molar-refractivity contribution in [3.63, 3.8) is 0 Å². The lowest BCUT2D eigenvalue weighted by Crippen LogP contribution is -1.99. The molecule has 0 unspecified atom stereocenters. The summed E-state index contributed by atoms with van der Waals surface area (Å²) < 4.78 is 1.32. The van der Waals surface area contributed by atoms with E-state index in [2.05, 4.69) is 31.9 Å². The maximum absolute atomic E-state index is 9.77. The molecule has 0 aromatic heterocycles. The van der Waals surface area contributed by atoms with E-state index in [1.807, 2.05) is 0 Å². The maximum atomic E-state index is 9.77. The molecule has 0 fully saturated rings. The molecule has 0 aliphatic carbocycles. The average Bonchev–Trinajstić information content (AvgIpc) is 2.19. The summed E-state index contributed by atoms with van der Waals surface area (Å²) in [5.41, 5.74) is 0.463. The predicted octanol–water partition coefficient (Wildman–Crippen LogP) is 2.72. The number of aliphatic hydroxyl groups excluding tert-OH is 2. The van der Waals surface area contributed by atoms with E-state index in [1.165, 1.54) is 0 Å². The van der Waals surface area contributed by atoms with E-state index in [9.17, 15) is 10.2 Å². The van der Waals surface area contributed by atoms with Crippen LogP contribution in [0.4, 0.5) is 0 Å². The van der Waals surface area contributed by atoms with Gasteiger partial charge in [0, 0.05) is 16.6 Å². The quantitative estimate of drug-likeness (QED) is 0.790. The Balaban J connectivity index is 2.92. The summed E-state index contributed by atoms with van der Waals surface area (Å²) in [6.07, 6.45) is 0.170. The molecule has 0 heterocycles. The summed E-state index contributed by atoms with van der Waals surface area (Å²) in [7, 11) is 0. The van der Waals surface area contributed by atoms with Crippen LogP contribution in [0.3, 0.4) is 0 Å². The Morgan fingerprint density at radius 2 is 1.93 bits per heavy atom. The summed E-state index contributed by atoms with van der Waals surface area (Å²) in [6.45, 7) is 0.0347. The normalized spacial score (nSPS) is 12.8. The first-order chi connectivity index (χ1) is 7.06. The van der Waals surface area contributed by atoms with Gasteiger partial charge in [0.15, 0.2) is 0 Å². The average molecular weight is 340 g/mol. The van der Waals surface area contributed by atoms with E-state index in [1.54, 1.807) is 12.1 Å². The van der Waals surface area contributed by atoms with Crippen LogP contribution in [-0.2, 0) is 0 Å². The van der Waals surface area contributed by atoms with Crippen LogP contribution in [0.5, 0.6) is 5.75 Å². The molecule has 1 aromatic rings. The smallest absolute Gasteiger partial charge is 0.135 e. The molecule has 0 spiro atoms. The van der Waals surface area contributed by atoms with Gasteiger partial charge in [0.1, 0.15) is 5.75 Å². The Bertz CT molecular complexity index is 342. The second-order valence-corrected chi connectivity index (χ2v) is 4.98. The molecular weight excluding hydrogens is 328 g/mol. The summed E-state index contributed by atoms with van der Waals surface area (Å²) in [5.74, 6) is 0.0450. The second kappa shape index (κ2) is 5.84. The molecule has 5 heteroatoms. The third-order valence-electron chi connectivity index (χ3n) is 2.05. The van der Waals surface area contributed by atoms with Crippen molar-refractivity contribution in [2.45, 2.75) is 18.9 Å². The first-order valence-electron chi connectivity index (χ1n) is 4.53. The van der Waals surface area contributed by atoms with E-state index < -0.39 is 6.10 Å². The van der Waals surface area contributed by atoms with Gasteiger partial charge in [-0.1, -0.05) is 15.9 Å². The van der Waals surface area contributed by atoms with Crippen LogP contribution in [-0.4, -0.2) is 21.9 Å². The monoisotopic (exact) mass is 338 g/mol. The molecule has 0 aliphatic heterocycles. The first kappa shape index (κ1) is 13.0. The number of phenolic OH excluding ortho intramolecular Hbond substituents is 1. The number of phenols is 1. The summed E-state index contributed by atoms with van der Waals surface area (Å²) >= 11 is 6.47. The number of aromatic hydroxyl groups is 1. The van der Waals surface area contributed by atoms with Crippen molar-refractivity contribution < 1.29 is 15.3 Å². The lowest BCUT2D eigenvalue weighted by Gasteiger charge is -2.13. The highest BCUT2D eigenvalue weighted by molar-refractivity contribution is 9.11. The Hall–Kier alpha value is -0.100. The predicted molar refractivity (Wildman–Crippen MR) is 64.8 cm³/mol. The molecule has 1 rings (SSSR count). The first-order valence-corrected chi connectivity index (χ1v) is 6.11. The number of benzene rings is 1. The van der Waals surface area contributed by atoms with Crippen molar-refractivity contribution in [1.82, 2.24) is 0 Å². The lowest BCUT2D eigenvalue weighted by atomic mass is 10.0. The highest BCUT2D eigenvalue weighted by atomic mass is 79.9. The molecule has 0 aliphatic rings. The molecule has 0 saturated carbocycles. The number of aliphatic hydroxyl groups is 2. The number of halogens is 2. The molecular formula is C10H12Br2O3. The second-order valence-electron chi connectivity index (χ2n) is 3.21. The van der Waals surface area contributed by atoms with Gasteiger partial charge in [-0.3, -0.25) is 0 Å². The summed E-state index contributed by atoms with van der Waals surface area (Å²) in [5, 5.41) is 28.1. The zero-order valence-corrected chi connectivity index (χ0v) is 11.1. The van der Waals surface area contributed by atoms with Crippen LogP contribution in [0.1, 0.15) is 24.5 Å². The van der Waals surface area contributed by atoms with E-state index in [0.29, 0.717) is 22.9 Å². The van der Waals surface area contributed by atoms with E-state index in [-0.39, 0.29) is 12.4 Å². The molecule has 0 saturated heterocycles. The molecule has 3 nitrogen and oxygen atoms in total. The minimum Gasteiger partial charge on any atom is -0.506 e.